The zero-order valence-corrected chi connectivity index (χ0v) is 12.8. The first kappa shape index (κ1) is 17.3. The fourth-order valence-electron chi connectivity index (χ4n) is 1.86. The molecule has 0 heterocycles. The van der Waals surface area contributed by atoms with Crippen LogP contribution in [0, 0.1) is 0 Å². The average Bonchev–Trinajstić information content (AvgIpc) is 2.35. The highest BCUT2D eigenvalue weighted by atomic mass is 79.9. The lowest BCUT2D eigenvalue weighted by molar-refractivity contribution is -0.119. The predicted octanol–water partition coefficient (Wildman–Crippen LogP) is 2.92. The van der Waals surface area contributed by atoms with E-state index >= 15 is 0 Å². The summed E-state index contributed by atoms with van der Waals surface area (Å²) in [7, 11) is 0. The van der Waals surface area contributed by atoms with Crippen LogP contribution in [0.15, 0.2) is 22.7 Å². The zero-order chi connectivity index (χ0) is 15.2. The Kier molecular flexibility index (Phi) is 6.78. The van der Waals surface area contributed by atoms with E-state index in [-0.39, 0.29) is 13.2 Å². The highest BCUT2D eigenvalue weighted by Gasteiger charge is 2.31. The Morgan fingerprint density at radius 2 is 2.05 bits per heavy atom. The van der Waals surface area contributed by atoms with Gasteiger partial charge in [-0.1, -0.05) is 28.9 Å². The Bertz CT molecular complexity index is 427. The minimum atomic E-state index is -4.31. The van der Waals surface area contributed by atoms with Crippen LogP contribution in [0.4, 0.5) is 18.9 Å². The lowest BCUT2D eigenvalue weighted by atomic mass is 10.1. The Hall–Kier alpha value is -0.790. The second-order valence-corrected chi connectivity index (χ2v) is 5.23. The van der Waals surface area contributed by atoms with E-state index in [0.29, 0.717) is 16.7 Å². The molecule has 0 bridgehead atoms. The summed E-state index contributed by atoms with van der Waals surface area (Å²) in [4.78, 5) is 1.15. The number of hydrogen-bond donors (Lipinski definition) is 2. The van der Waals surface area contributed by atoms with Crippen molar-refractivity contribution in [2.45, 2.75) is 19.6 Å². The molecule has 0 fully saturated rings. The van der Waals surface area contributed by atoms with Crippen molar-refractivity contribution in [1.29, 1.82) is 0 Å². The van der Waals surface area contributed by atoms with Crippen molar-refractivity contribution in [3.63, 3.8) is 0 Å². The van der Waals surface area contributed by atoms with E-state index in [1.54, 1.807) is 18.2 Å². The van der Waals surface area contributed by atoms with Crippen LogP contribution in [0.1, 0.15) is 12.5 Å². The summed E-state index contributed by atoms with van der Waals surface area (Å²) in [5.41, 5.74) is 1.25. The molecular formula is C13H18BrF3N2O. The van der Waals surface area contributed by atoms with Crippen LogP contribution in [-0.4, -0.2) is 37.5 Å². The smallest absolute Gasteiger partial charge is 0.395 e. The summed E-state index contributed by atoms with van der Waals surface area (Å²) in [6.45, 7) is 1.68. The highest BCUT2D eigenvalue weighted by Crippen LogP contribution is 2.28. The predicted molar refractivity (Wildman–Crippen MR) is 76.9 cm³/mol. The first-order valence-electron chi connectivity index (χ1n) is 6.29. The number of hydrogen-bond acceptors (Lipinski definition) is 3. The van der Waals surface area contributed by atoms with Gasteiger partial charge >= 0.3 is 6.18 Å². The molecule has 0 aliphatic carbocycles. The van der Waals surface area contributed by atoms with Gasteiger partial charge < -0.3 is 15.3 Å². The van der Waals surface area contributed by atoms with Crippen molar-refractivity contribution >= 4 is 21.6 Å². The molecule has 0 saturated carbocycles. The summed E-state index contributed by atoms with van der Waals surface area (Å²) >= 11 is 3.27. The van der Waals surface area contributed by atoms with Crippen molar-refractivity contribution in [3.05, 3.63) is 28.2 Å². The van der Waals surface area contributed by atoms with Crippen LogP contribution in [0.5, 0.6) is 0 Å². The summed E-state index contributed by atoms with van der Waals surface area (Å²) in [5.74, 6) is 0. The van der Waals surface area contributed by atoms with Gasteiger partial charge in [-0.25, -0.2) is 0 Å². The molecule has 0 spiro atoms. The maximum Gasteiger partial charge on any atom is 0.405 e. The maximum atomic E-state index is 12.6. The number of rotatable bonds is 7. The molecule has 0 aliphatic heterocycles. The molecule has 0 amide bonds. The van der Waals surface area contributed by atoms with Crippen LogP contribution in [0.2, 0.25) is 0 Å². The van der Waals surface area contributed by atoms with E-state index in [2.05, 4.69) is 21.2 Å². The van der Waals surface area contributed by atoms with Gasteiger partial charge in [-0.15, -0.1) is 0 Å². The van der Waals surface area contributed by atoms with Crippen LogP contribution in [-0.2, 0) is 6.54 Å². The number of aliphatic hydroxyl groups excluding tert-OH is 1. The fraction of sp³-hybridized carbons (Fsp3) is 0.538. The average molecular weight is 355 g/mol. The molecule has 0 aromatic heterocycles. The number of alkyl halides is 3. The van der Waals surface area contributed by atoms with E-state index in [1.807, 2.05) is 6.92 Å². The van der Waals surface area contributed by atoms with Gasteiger partial charge in [0, 0.05) is 23.2 Å². The molecule has 1 aromatic carbocycles. The number of halogens is 4. The van der Waals surface area contributed by atoms with Crippen molar-refractivity contribution < 1.29 is 18.3 Å². The zero-order valence-electron chi connectivity index (χ0n) is 11.2. The number of nitrogens with zero attached hydrogens (tertiary/aromatic N) is 1. The van der Waals surface area contributed by atoms with Crippen molar-refractivity contribution in [2.24, 2.45) is 0 Å². The molecule has 0 saturated heterocycles. The number of aliphatic hydroxyl groups is 1. The molecule has 0 unspecified atom stereocenters. The van der Waals surface area contributed by atoms with Crippen LogP contribution >= 0.6 is 15.9 Å². The molecule has 0 atom stereocenters. The van der Waals surface area contributed by atoms with E-state index in [0.717, 1.165) is 17.0 Å². The summed E-state index contributed by atoms with van der Waals surface area (Å²) in [6, 6.07) is 5.22. The highest BCUT2D eigenvalue weighted by molar-refractivity contribution is 9.10. The van der Waals surface area contributed by atoms with Gasteiger partial charge in [0.25, 0.3) is 0 Å². The topological polar surface area (TPSA) is 35.5 Å². The van der Waals surface area contributed by atoms with E-state index in [4.69, 9.17) is 5.11 Å². The first-order chi connectivity index (χ1) is 9.37. The van der Waals surface area contributed by atoms with Gasteiger partial charge in [-0.2, -0.15) is 13.2 Å². The van der Waals surface area contributed by atoms with Crippen LogP contribution in [0.25, 0.3) is 0 Å². The van der Waals surface area contributed by atoms with Crippen molar-refractivity contribution in [2.75, 3.05) is 31.1 Å². The molecule has 20 heavy (non-hydrogen) atoms. The summed E-state index contributed by atoms with van der Waals surface area (Å²) in [6.07, 6.45) is -4.31. The van der Waals surface area contributed by atoms with Gasteiger partial charge in [0.1, 0.15) is 6.54 Å². The molecular weight excluding hydrogens is 337 g/mol. The molecule has 114 valence electrons. The second-order valence-electron chi connectivity index (χ2n) is 4.31. The lowest BCUT2D eigenvalue weighted by Crippen LogP contribution is -2.37. The third-order valence-corrected chi connectivity index (χ3v) is 3.19. The SMILES string of the molecule is CCNCc1ccc(Br)cc1N(CCO)CC(F)(F)F. The number of benzene rings is 1. The van der Waals surface area contributed by atoms with E-state index < -0.39 is 12.7 Å². The normalized spacial score (nSPS) is 11.7. The number of nitrogens with one attached hydrogen (secondary N) is 1. The first-order valence-corrected chi connectivity index (χ1v) is 7.08. The lowest BCUT2D eigenvalue weighted by Gasteiger charge is -2.27. The van der Waals surface area contributed by atoms with E-state index in [1.165, 1.54) is 0 Å². The van der Waals surface area contributed by atoms with Gasteiger partial charge in [0.05, 0.1) is 6.61 Å². The Morgan fingerprint density at radius 3 is 2.60 bits per heavy atom. The third kappa shape index (κ3) is 5.68. The molecule has 2 N–H and O–H groups in total. The van der Waals surface area contributed by atoms with Gasteiger partial charge in [-0.3, -0.25) is 0 Å². The Labute approximate surface area is 124 Å². The quantitative estimate of drug-likeness (QED) is 0.790. The molecule has 3 nitrogen and oxygen atoms in total. The molecule has 0 aliphatic rings. The fourth-order valence-corrected chi connectivity index (χ4v) is 2.21. The van der Waals surface area contributed by atoms with Crippen molar-refractivity contribution in [3.8, 4) is 0 Å². The molecule has 1 rings (SSSR count). The Morgan fingerprint density at radius 1 is 1.35 bits per heavy atom. The second kappa shape index (κ2) is 7.85. The number of anilines is 1. The van der Waals surface area contributed by atoms with Gasteiger partial charge in [0.2, 0.25) is 0 Å². The molecule has 1 aromatic rings. The van der Waals surface area contributed by atoms with Crippen LogP contribution < -0.4 is 10.2 Å². The van der Waals surface area contributed by atoms with Crippen LogP contribution in [0.3, 0.4) is 0 Å². The molecule has 7 heteroatoms. The Balaban J connectivity index is 3.06. The molecule has 0 radical (unpaired) electrons. The minimum Gasteiger partial charge on any atom is -0.395 e. The third-order valence-electron chi connectivity index (χ3n) is 2.69. The summed E-state index contributed by atoms with van der Waals surface area (Å²) in [5, 5.41) is 12.1. The maximum absolute atomic E-state index is 12.6. The standard InChI is InChI=1S/C13H18BrF3N2O/c1-2-18-8-10-3-4-11(14)7-12(10)19(5-6-20)9-13(15,16)17/h3-4,7,18,20H,2,5-6,8-9H2,1H3. The van der Waals surface area contributed by atoms with Crippen molar-refractivity contribution in [1.82, 2.24) is 5.32 Å². The minimum absolute atomic E-state index is 0.0604. The van der Waals surface area contributed by atoms with E-state index in [9.17, 15) is 13.2 Å². The van der Waals surface area contributed by atoms with Gasteiger partial charge in [-0.05, 0) is 24.2 Å². The largest absolute Gasteiger partial charge is 0.405 e. The summed E-state index contributed by atoms with van der Waals surface area (Å²) < 4.78 is 38.7. The monoisotopic (exact) mass is 354 g/mol. The van der Waals surface area contributed by atoms with Gasteiger partial charge in [0.15, 0.2) is 0 Å².